The van der Waals surface area contributed by atoms with Crippen LogP contribution in [0, 0.1) is 5.82 Å². The van der Waals surface area contributed by atoms with Crippen molar-refractivity contribution in [2.75, 3.05) is 4.90 Å². The summed E-state index contributed by atoms with van der Waals surface area (Å²) in [4.78, 5) is 29.2. The van der Waals surface area contributed by atoms with E-state index in [4.69, 9.17) is 4.74 Å². The lowest BCUT2D eigenvalue weighted by atomic mass is 10.1. The molecule has 3 amide bonds. The molecular weight excluding hydrogens is 313 g/mol. The minimum atomic E-state index is -1.01. The number of rotatable bonds is 4. The predicted octanol–water partition coefficient (Wildman–Crippen LogP) is 2.63. The van der Waals surface area contributed by atoms with E-state index in [-0.39, 0.29) is 18.0 Å². The van der Waals surface area contributed by atoms with E-state index in [1.165, 1.54) is 12.1 Å². The number of nitrogens with one attached hydrogen (secondary N) is 1. The standard InChI is InChI=1S/C17H16FN3O3/c1-17(2)15(22)21(16(23)20-17)12-6-7-14(13(18)9-12)24-10-11-5-3-4-8-19-11/h3-9H,10H2,1-2H3,(H,20,23). The number of carbonyl (C=O) groups is 2. The first-order chi connectivity index (χ1) is 11.4. The molecule has 2 heterocycles. The molecule has 0 aliphatic carbocycles. The maximum Gasteiger partial charge on any atom is 0.329 e. The lowest BCUT2D eigenvalue weighted by Crippen LogP contribution is -2.40. The summed E-state index contributed by atoms with van der Waals surface area (Å²) < 4.78 is 19.6. The van der Waals surface area contributed by atoms with E-state index >= 15 is 0 Å². The number of anilines is 1. The van der Waals surface area contributed by atoms with E-state index in [9.17, 15) is 14.0 Å². The van der Waals surface area contributed by atoms with Gasteiger partial charge < -0.3 is 10.1 Å². The molecule has 1 aromatic carbocycles. The van der Waals surface area contributed by atoms with Gasteiger partial charge in [-0.3, -0.25) is 9.78 Å². The van der Waals surface area contributed by atoms with E-state index in [1.807, 2.05) is 6.07 Å². The minimum absolute atomic E-state index is 0.0238. The summed E-state index contributed by atoms with van der Waals surface area (Å²) in [6.07, 6.45) is 1.62. The summed E-state index contributed by atoms with van der Waals surface area (Å²) in [6.45, 7) is 3.30. The molecule has 7 heteroatoms. The van der Waals surface area contributed by atoms with Crippen molar-refractivity contribution in [3.05, 3.63) is 54.1 Å². The highest BCUT2D eigenvalue weighted by molar-refractivity contribution is 6.23. The second-order valence-corrected chi connectivity index (χ2v) is 5.92. The molecule has 1 fully saturated rings. The van der Waals surface area contributed by atoms with Crippen LogP contribution in [0.15, 0.2) is 42.6 Å². The molecule has 24 heavy (non-hydrogen) atoms. The average molecular weight is 329 g/mol. The third kappa shape index (κ3) is 2.92. The third-order valence-corrected chi connectivity index (χ3v) is 3.64. The number of ether oxygens (including phenoxy) is 1. The fourth-order valence-corrected chi connectivity index (χ4v) is 2.36. The summed E-state index contributed by atoms with van der Waals surface area (Å²) >= 11 is 0. The van der Waals surface area contributed by atoms with Gasteiger partial charge in [-0.15, -0.1) is 0 Å². The van der Waals surface area contributed by atoms with Crippen LogP contribution < -0.4 is 15.0 Å². The molecule has 1 aliphatic heterocycles. The Morgan fingerprint density at radius 2 is 2.04 bits per heavy atom. The minimum Gasteiger partial charge on any atom is -0.484 e. The molecule has 124 valence electrons. The number of nitrogens with zero attached hydrogens (tertiary/aromatic N) is 2. The molecule has 0 bridgehead atoms. The molecule has 0 unspecified atom stereocenters. The molecule has 6 nitrogen and oxygen atoms in total. The van der Waals surface area contributed by atoms with Gasteiger partial charge in [-0.1, -0.05) is 6.07 Å². The van der Waals surface area contributed by atoms with Crippen molar-refractivity contribution in [2.24, 2.45) is 0 Å². The molecular formula is C17H16FN3O3. The lowest BCUT2D eigenvalue weighted by molar-refractivity contribution is -0.121. The fraction of sp³-hybridized carbons (Fsp3) is 0.235. The summed E-state index contributed by atoms with van der Waals surface area (Å²) in [5, 5.41) is 2.55. The zero-order valence-corrected chi connectivity index (χ0v) is 13.2. The predicted molar refractivity (Wildman–Crippen MR) is 85.1 cm³/mol. The Hall–Kier alpha value is -2.96. The Morgan fingerprint density at radius 3 is 2.62 bits per heavy atom. The quantitative estimate of drug-likeness (QED) is 0.875. The molecule has 0 atom stereocenters. The average Bonchev–Trinajstić information content (AvgIpc) is 2.75. The van der Waals surface area contributed by atoms with Crippen molar-refractivity contribution >= 4 is 17.6 Å². The first-order valence-electron chi connectivity index (χ1n) is 7.37. The van der Waals surface area contributed by atoms with Gasteiger partial charge in [0.05, 0.1) is 11.4 Å². The number of imide groups is 1. The first-order valence-corrected chi connectivity index (χ1v) is 7.37. The van der Waals surface area contributed by atoms with Crippen molar-refractivity contribution in [3.63, 3.8) is 0 Å². The second-order valence-electron chi connectivity index (χ2n) is 5.92. The van der Waals surface area contributed by atoms with Gasteiger partial charge in [-0.05, 0) is 38.1 Å². The molecule has 2 aromatic rings. The van der Waals surface area contributed by atoms with Crippen LogP contribution in [0.2, 0.25) is 0 Å². The summed E-state index contributed by atoms with van der Waals surface area (Å²) in [6, 6.07) is 8.73. The van der Waals surface area contributed by atoms with Gasteiger partial charge >= 0.3 is 6.03 Å². The van der Waals surface area contributed by atoms with Crippen LogP contribution in [0.25, 0.3) is 0 Å². The summed E-state index contributed by atoms with van der Waals surface area (Å²) in [5.41, 5.74) is -0.190. The van der Waals surface area contributed by atoms with Crippen molar-refractivity contribution in [1.82, 2.24) is 10.3 Å². The molecule has 1 aliphatic rings. The van der Waals surface area contributed by atoms with Crippen molar-refractivity contribution in [2.45, 2.75) is 26.0 Å². The Bertz CT molecular complexity index is 793. The zero-order chi connectivity index (χ0) is 17.3. The highest BCUT2D eigenvalue weighted by Gasteiger charge is 2.45. The van der Waals surface area contributed by atoms with Crippen LogP contribution >= 0.6 is 0 Å². The monoisotopic (exact) mass is 329 g/mol. The molecule has 1 aromatic heterocycles. The van der Waals surface area contributed by atoms with Gasteiger partial charge in [-0.25, -0.2) is 14.1 Å². The van der Waals surface area contributed by atoms with Crippen LogP contribution in [-0.2, 0) is 11.4 Å². The van der Waals surface area contributed by atoms with Crippen molar-refractivity contribution in [1.29, 1.82) is 0 Å². The topological polar surface area (TPSA) is 71.5 Å². The fourth-order valence-electron chi connectivity index (χ4n) is 2.36. The van der Waals surface area contributed by atoms with Gasteiger partial charge in [0.2, 0.25) is 0 Å². The van der Waals surface area contributed by atoms with E-state index in [0.717, 1.165) is 11.0 Å². The van der Waals surface area contributed by atoms with Crippen LogP contribution in [0.5, 0.6) is 5.75 Å². The maximum atomic E-state index is 14.2. The first kappa shape index (κ1) is 15.9. The van der Waals surface area contributed by atoms with Crippen molar-refractivity contribution in [3.8, 4) is 5.75 Å². The van der Waals surface area contributed by atoms with Gasteiger partial charge in [0, 0.05) is 12.3 Å². The Morgan fingerprint density at radius 1 is 1.25 bits per heavy atom. The van der Waals surface area contributed by atoms with Crippen molar-refractivity contribution < 1.29 is 18.7 Å². The molecule has 0 spiro atoms. The van der Waals surface area contributed by atoms with E-state index in [2.05, 4.69) is 10.3 Å². The molecule has 1 N–H and O–H groups in total. The van der Waals surface area contributed by atoms with Gasteiger partial charge in [0.25, 0.3) is 5.91 Å². The van der Waals surface area contributed by atoms with Crippen LogP contribution in [0.3, 0.4) is 0 Å². The number of aromatic nitrogens is 1. The summed E-state index contributed by atoms with van der Waals surface area (Å²) in [5.74, 6) is -1.07. The third-order valence-electron chi connectivity index (χ3n) is 3.64. The van der Waals surface area contributed by atoms with E-state index in [1.54, 1.807) is 32.2 Å². The molecule has 0 radical (unpaired) electrons. The molecule has 3 rings (SSSR count). The van der Waals surface area contributed by atoms with Crippen LogP contribution in [0.1, 0.15) is 19.5 Å². The maximum absolute atomic E-state index is 14.2. The number of amides is 3. The SMILES string of the molecule is CC1(C)NC(=O)N(c2ccc(OCc3ccccn3)c(F)c2)C1=O. The van der Waals surface area contributed by atoms with Gasteiger partial charge in [0.1, 0.15) is 12.1 Å². The lowest BCUT2D eigenvalue weighted by Gasteiger charge is -2.16. The summed E-state index contributed by atoms with van der Waals surface area (Å²) in [7, 11) is 0. The Kier molecular flexibility index (Phi) is 3.92. The number of urea groups is 1. The van der Waals surface area contributed by atoms with Crippen LogP contribution in [-0.4, -0.2) is 22.5 Å². The van der Waals surface area contributed by atoms with E-state index < -0.39 is 23.3 Å². The zero-order valence-electron chi connectivity index (χ0n) is 13.2. The number of pyridine rings is 1. The largest absolute Gasteiger partial charge is 0.484 e. The number of benzene rings is 1. The highest BCUT2D eigenvalue weighted by Crippen LogP contribution is 2.28. The molecule has 1 saturated heterocycles. The number of halogens is 1. The number of hydrogen-bond donors (Lipinski definition) is 1. The highest BCUT2D eigenvalue weighted by atomic mass is 19.1. The second kappa shape index (κ2) is 5.92. The smallest absolute Gasteiger partial charge is 0.329 e. The van der Waals surface area contributed by atoms with Gasteiger partial charge in [-0.2, -0.15) is 0 Å². The van der Waals surface area contributed by atoms with E-state index in [0.29, 0.717) is 5.69 Å². The number of hydrogen-bond acceptors (Lipinski definition) is 4. The van der Waals surface area contributed by atoms with Gasteiger partial charge in [0.15, 0.2) is 11.6 Å². The normalized spacial score (nSPS) is 16.2. The number of carbonyl (C=O) groups excluding carboxylic acids is 2. The Labute approximate surface area is 138 Å². The van der Waals surface area contributed by atoms with Crippen LogP contribution in [0.4, 0.5) is 14.9 Å². The molecule has 0 saturated carbocycles. The Balaban J connectivity index is 1.78.